The van der Waals surface area contributed by atoms with Crippen LogP contribution in [0.15, 0.2) is 29.2 Å². The molecule has 1 aromatic carbocycles. The van der Waals surface area contributed by atoms with E-state index < -0.39 is 22.5 Å². The van der Waals surface area contributed by atoms with Crippen molar-refractivity contribution in [3.8, 4) is 0 Å². The normalized spacial score (nSPS) is 21.2. The Labute approximate surface area is 187 Å². The van der Waals surface area contributed by atoms with Crippen LogP contribution in [-0.2, 0) is 29.1 Å². The van der Waals surface area contributed by atoms with Crippen molar-refractivity contribution in [2.24, 2.45) is 0 Å². The van der Waals surface area contributed by atoms with Gasteiger partial charge in [0.25, 0.3) is 0 Å². The monoisotopic (exact) mass is 473 g/mol. The number of sulfonamides is 1. The van der Waals surface area contributed by atoms with E-state index in [0.717, 1.165) is 25.7 Å². The van der Waals surface area contributed by atoms with E-state index in [9.17, 15) is 18.0 Å². The molecule has 31 heavy (non-hydrogen) atoms. The summed E-state index contributed by atoms with van der Waals surface area (Å²) in [6, 6.07) is 5.63. The molecule has 2 amide bonds. The first kappa shape index (κ1) is 23.9. The molecular formula is C20H28ClN3O6S. The Bertz CT molecular complexity index is 852. The van der Waals surface area contributed by atoms with Gasteiger partial charge in [-0.1, -0.05) is 11.6 Å². The summed E-state index contributed by atoms with van der Waals surface area (Å²) < 4.78 is 38.3. The molecule has 3 rings (SSSR count). The highest BCUT2D eigenvalue weighted by atomic mass is 35.5. The molecule has 2 aliphatic heterocycles. The predicted octanol–water partition coefficient (Wildman–Crippen LogP) is 0.921. The van der Waals surface area contributed by atoms with E-state index in [-0.39, 0.29) is 36.1 Å². The molecule has 2 heterocycles. The largest absolute Gasteiger partial charge is 0.376 e. The van der Waals surface area contributed by atoms with Gasteiger partial charge in [-0.25, -0.2) is 13.1 Å². The van der Waals surface area contributed by atoms with E-state index in [1.54, 1.807) is 0 Å². The van der Waals surface area contributed by atoms with Crippen LogP contribution in [0, 0.1) is 0 Å². The van der Waals surface area contributed by atoms with Crippen LogP contribution in [0.2, 0.25) is 5.02 Å². The fourth-order valence-corrected chi connectivity index (χ4v) is 4.62. The lowest BCUT2D eigenvalue weighted by atomic mass is 10.2. The molecule has 0 spiro atoms. The van der Waals surface area contributed by atoms with Crippen LogP contribution in [-0.4, -0.2) is 76.7 Å². The molecule has 0 saturated carbocycles. The third-order valence-electron chi connectivity index (χ3n) is 5.22. The zero-order chi connectivity index (χ0) is 22.3. The van der Waals surface area contributed by atoms with Gasteiger partial charge in [-0.05, 0) is 49.9 Å². The van der Waals surface area contributed by atoms with Gasteiger partial charge in [0.1, 0.15) is 0 Å². The Morgan fingerprint density at radius 1 is 1.06 bits per heavy atom. The maximum atomic E-state index is 12.8. The average molecular weight is 474 g/mol. The summed E-state index contributed by atoms with van der Waals surface area (Å²) in [5, 5.41) is 3.20. The highest BCUT2D eigenvalue weighted by Gasteiger charge is 2.26. The topological polar surface area (TPSA) is 114 Å². The predicted molar refractivity (Wildman–Crippen MR) is 114 cm³/mol. The molecule has 2 fully saturated rings. The zero-order valence-electron chi connectivity index (χ0n) is 17.2. The van der Waals surface area contributed by atoms with Crippen molar-refractivity contribution in [1.29, 1.82) is 0 Å². The van der Waals surface area contributed by atoms with E-state index in [2.05, 4.69) is 10.0 Å². The number of carbonyl (C=O) groups is 2. The van der Waals surface area contributed by atoms with Crippen LogP contribution in [0.3, 0.4) is 0 Å². The van der Waals surface area contributed by atoms with Gasteiger partial charge in [-0.3, -0.25) is 9.59 Å². The summed E-state index contributed by atoms with van der Waals surface area (Å²) in [6.45, 7) is 1.29. The van der Waals surface area contributed by atoms with Gasteiger partial charge in [0.05, 0.1) is 30.2 Å². The highest BCUT2D eigenvalue weighted by Crippen LogP contribution is 2.15. The smallest absolute Gasteiger partial charge is 0.241 e. The first-order valence-corrected chi connectivity index (χ1v) is 12.2. The van der Waals surface area contributed by atoms with Crippen molar-refractivity contribution in [3.05, 3.63) is 29.3 Å². The maximum Gasteiger partial charge on any atom is 0.241 e. The van der Waals surface area contributed by atoms with Crippen molar-refractivity contribution in [1.82, 2.24) is 14.9 Å². The molecule has 0 unspecified atom stereocenters. The summed E-state index contributed by atoms with van der Waals surface area (Å²) in [6.07, 6.45) is 3.38. The van der Waals surface area contributed by atoms with Crippen molar-refractivity contribution in [2.75, 3.05) is 39.4 Å². The molecule has 9 nitrogen and oxygen atoms in total. The SMILES string of the molecule is O=C(CN(C[C@H]1CCCO1)C(=O)CNS(=O)(=O)c1ccc(Cl)cc1)NC[C@@H]1CCCO1. The molecule has 172 valence electrons. The minimum absolute atomic E-state index is 0.00236. The van der Waals surface area contributed by atoms with Crippen molar-refractivity contribution in [2.45, 2.75) is 42.8 Å². The van der Waals surface area contributed by atoms with Gasteiger partial charge >= 0.3 is 0 Å². The molecular weight excluding hydrogens is 446 g/mol. The number of benzene rings is 1. The van der Waals surface area contributed by atoms with Crippen LogP contribution in [0.4, 0.5) is 0 Å². The summed E-state index contributed by atoms with van der Waals surface area (Å²) >= 11 is 5.79. The van der Waals surface area contributed by atoms with Crippen LogP contribution in [0.5, 0.6) is 0 Å². The number of carbonyl (C=O) groups excluding carboxylic acids is 2. The van der Waals surface area contributed by atoms with E-state index in [1.807, 2.05) is 0 Å². The lowest BCUT2D eigenvalue weighted by Gasteiger charge is -2.25. The first-order valence-electron chi connectivity index (χ1n) is 10.4. The number of hydrogen-bond acceptors (Lipinski definition) is 6. The molecule has 0 bridgehead atoms. The molecule has 0 radical (unpaired) electrons. The third-order valence-corrected chi connectivity index (χ3v) is 6.89. The van der Waals surface area contributed by atoms with Crippen molar-refractivity contribution < 1.29 is 27.5 Å². The van der Waals surface area contributed by atoms with Gasteiger partial charge in [-0.2, -0.15) is 0 Å². The molecule has 1 aromatic rings. The molecule has 2 N–H and O–H groups in total. The minimum Gasteiger partial charge on any atom is -0.376 e. The lowest BCUT2D eigenvalue weighted by molar-refractivity contribution is -0.136. The highest BCUT2D eigenvalue weighted by molar-refractivity contribution is 7.89. The van der Waals surface area contributed by atoms with Gasteiger partial charge < -0.3 is 19.7 Å². The second-order valence-electron chi connectivity index (χ2n) is 7.63. The Morgan fingerprint density at radius 2 is 1.71 bits per heavy atom. The molecule has 2 atom stereocenters. The van der Waals surface area contributed by atoms with Gasteiger partial charge in [0, 0.05) is 31.3 Å². The maximum absolute atomic E-state index is 12.8. The van der Waals surface area contributed by atoms with Gasteiger partial charge in [0.2, 0.25) is 21.8 Å². The fourth-order valence-electron chi connectivity index (χ4n) is 3.52. The summed E-state index contributed by atoms with van der Waals surface area (Å²) in [5.41, 5.74) is 0. The number of hydrogen-bond donors (Lipinski definition) is 2. The number of rotatable bonds is 10. The number of halogens is 1. The van der Waals surface area contributed by atoms with Crippen LogP contribution >= 0.6 is 11.6 Å². The molecule has 2 aliphatic rings. The lowest BCUT2D eigenvalue weighted by Crippen LogP contribution is -2.48. The molecule has 2 saturated heterocycles. The molecule has 0 aliphatic carbocycles. The number of ether oxygens (including phenoxy) is 2. The number of nitrogens with one attached hydrogen (secondary N) is 2. The molecule has 0 aromatic heterocycles. The third kappa shape index (κ3) is 7.43. The minimum atomic E-state index is -3.89. The Hall–Kier alpha value is -1.72. The fraction of sp³-hybridized carbons (Fsp3) is 0.600. The number of amides is 2. The Kier molecular flexibility index (Phi) is 8.67. The molecule has 11 heteroatoms. The van der Waals surface area contributed by atoms with Crippen molar-refractivity contribution in [3.63, 3.8) is 0 Å². The van der Waals surface area contributed by atoms with Crippen molar-refractivity contribution >= 4 is 33.4 Å². The second-order valence-corrected chi connectivity index (χ2v) is 9.83. The van der Waals surface area contributed by atoms with E-state index in [0.29, 0.717) is 24.8 Å². The Morgan fingerprint density at radius 3 is 2.32 bits per heavy atom. The Balaban J connectivity index is 1.56. The van der Waals surface area contributed by atoms with Gasteiger partial charge in [-0.15, -0.1) is 0 Å². The summed E-state index contributed by atoms with van der Waals surface area (Å²) in [5.74, 6) is -0.817. The zero-order valence-corrected chi connectivity index (χ0v) is 18.8. The van der Waals surface area contributed by atoms with Gasteiger partial charge in [0.15, 0.2) is 0 Å². The van der Waals surface area contributed by atoms with E-state index in [4.69, 9.17) is 21.1 Å². The van der Waals surface area contributed by atoms with Crippen LogP contribution < -0.4 is 10.0 Å². The second kappa shape index (κ2) is 11.2. The standard InChI is InChI=1S/C20H28ClN3O6S/c21-15-5-7-18(8-6-15)31(27,28)23-12-20(26)24(13-17-4-2-10-30-17)14-19(25)22-11-16-3-1-9-29-16/h5-8,16-17,23H,1-4,9-14H2,(H,22,25)/t16-,17+/m0/s1. The summed E-state index contributed by atoms with van der Waals surface area (Å²) in [4.78, 5) is 26.5. The average Bonchev–Trinajstić information content (AvgIpc) is 3.44. The van der Waals surface area contributed by atoms with E-state index in [1.165, 1.54) is 29.2 Å². The van der Waals surface area contributed by atoms with Crippen LogP contribution in [0.1, 0.15) is 25.7 Å². The number of nitrogens with zero attached hydrogens (tertiary/aromatic N) is 1. The summed E-state index contributed by atoms with van der Waals surface area (Å²) in [7, 11) is -3.89. The van der Waals surface area contributed by atoms with E-state index >= 15 is 0 Å². The first-order chi connectivity index (χ1) is 14.8. The quantitative estimate of drug-likeness (QED) is 0.522. The van der Waals surface area contributed by atoms with Crippen LogP contribution in [0.25, 0.3) is 0 Å².